The number of aryl methyl sites for hydroxylation is 1. The number of hydrogen-bond acceptors (Lipinski definition) is 2. The predicted octanol–water partition coefficient (Wildman–Crippen LogP) is 2.35. The molecule has 0 atom stereocenters. The van der Waals surface area contributed by atoms with Crippen LogP contribution in [0.25, 0.3) is 0 Å². The molecule has 3 nitrogen and oxygen atoms in total. The summed E-state index contributed by atoms with van der Waals surface area (Å²) in [6.45, 7) is 2.70. The fourth-order valence-electron chi connectivity index (χ4n) is 2.60. The molecule has 0 aromatic heterocycles. The van der Waals surface area contributed by atoms with Gasteiger partial charge in [0.05, 0.1) is 5.56 Å². The van der Waals surface area contributed by atoms with Crippen LogP contribution >= 0.6 is 0 Å². The first-order chi connectivity index (χ1) is 10.2. The highest BCUT2D eigenvalue weighted by atomic mass is 16.2. The van der Waals surface area contributed by atoms with Gasteiger partial charge in [-0.15, -0.1) is 0 Å². The minimum absolute atomic E-state index is 0.103. The number of carbonyl (C=O) groups excluding carboxylic acids is 1. The third-order valence-corrected chi connectivity index (χ3v) is 4.11. The summed E-state index contributed by atoms with van der Waals surface area (Å²) in [6.07, 6.45) is 4.76. The van der Waals surface area contributed by atoms with Crippen LogP contribution in [0.1, 0.15) is 47.2 Å². The first kappa shape index (κ1) is 14.2. The van der Waals surface area contributed by atoms with Crippen LogP contribution in [0.3, 0.4) is 0 Å². The highest BCUT2D eigenvalue weighted by Gasteiger charge is 2.37. The number of aliphatic hydroxyl groups is 1. The Kier molecular flexibility index (Phi) is 3.98. The zero-order valence-corrected chi connectivity index (χ0v) is 12.4. The molecule has 1 amide bonds. The number of amides is 1. The standard InChI is InChI=1S/C18H21NO2/c1-13-4-9-17(15(11-13)3-2-10-20)18(21)19(16-7-8-16)12-14-5-6-14/h4,9,11,14,16,20H,5-8,10,12H2,1H3. The molecular formula is C18H21NO2. The maximum Gasteiger partial charge on any atom is 0.255 e. The largest absolute Gasteiger partial charge is 0.384 e. The molecule has 0 radical (unpaired) electrons. The minimum atomic E-state index is -0.185. The number of carbonyl (C=O) groups is 1. The van der Waals surface area contributed by atoms with Crippen molar-refractivity contribution in [1.29, 1.82) is 0 Å². The van der Waals surface area contributed by atoms with Gasteiger partial charge in [-0.2, -0.15) is 0 Å². The molecule has 0 aliphatic heterocycles. The molecule has 2 aliphatic rings. The lowest BCUT2D eigenvalue weighted by Gasteiger charge is -2.23. The second kappa shape index (κ2) is 5.91. The Morgan fingerprint density at radius 3 is 2.71 bits per heavy atom. The fourth-order valence-corrected chi connectivity index (χ4v) is 2.60. The number of aliphatic hydroxyl groups excluding tert-OH is 1. The molecule has 3 rings (SSSR count). The van der Waals surface area contributed by atoms with E-state index < -0.39 is 0 Å². The van der Waals surface area contributed by atoms with Crippen molar-refractivity contribution in [2.45, 2.75) is 38.6 Å². The Hall–Kier alpha value is -1.79. The van der Waals surface area contributed by atoms with Crippen molar-refractivity contribution in [3.8, 4) is 11.8 Å². The highest BCUT2D eigenvalue weighted by molar-refractivity contribution is 5.97. The van der Waals surface area contributed by atoms with Gasteiger partial charge in [0, 0.05) is 18.2 Å². The molecule has 1 aromatic rings. The summed E-state index contributed by atoms with van der Waals surface area (Å²) in [5, 5.41) is 8.89. The smallest absolute Gasteiger partial charge is 0.255 e. The molecule has 0 spiro atoms. The van der Waals surface area contributed by atoms with Crippen molar-refractivity contribution < 1.29 is 9.90 Å². The van der Waals surface area contributed by atoms with Gasteiger partial charge < -0.3 is 10.0 Å². The van der Waals surface area contributed by atoms with Crippen molar-refractivity contribution in [2.75, 3.05) is 13.2 Å². The third-order valence-electron chi connectivity index (χ3n) is 4.11. The van der Waals surface area contributed by atoms with Crippen LogP contribution in [-0.2, 0) is 0 Å². The van der Waals surface area contributed by atoms with Gasteiger partial charge >= 0.3 is 0 Å². The average molecular weight is 283 g/mol. The van der Waals surface area contributed by atoms with E-state index in [0.29, 0.717) is 17.5 Å². The summed E-state index contributed by atoms with van der Waals surface area (Å²) < 4.78 is 0. The van der Waals surface area contributed by atoms with Gasteiger partial charge in [0.1, 0.15) is 6.61 Å². The van der Waals surface area contributed by atoms with E-state index in [1.54, 1.807) is 0 Å². The topological polar surface area (TPSA) is 40.5 Å². The lowest BCUT2D eigenvalue weighted by molar-refractivity contribution is 0.0734. The van der Waals surface area contributed by atoms with Gasteiger partial charge in [-0.1, -0.05) is 17.9 Å². The molecule has 3 heteroatoms. The van der Waals surface area contributed by atoms with Gasteiger partial charge in [-0.3, -0.25) is 4.79 Å². The van der Waals surface area contributed by atoms with Crippen molar-refractivity contribution >= 4 is 5.91 Å². The van der Waals surface area contributed by atoms with Gasteiger partial charge in [-0.05, 0) is 56.2 Å². The molecule has 2 saturated carbocycles. The van der Waals surface area contributed by atoms with Gasteiger partial charge in [-0.25, -0.2) is 0 Å². The first-order valence-corrected chi connectivity index (χ1v) is 7.70. The molecule has 0 saturated heterocycles. The second-order valence-electron chi connectivity index (χ2n) is 6.14. The lowest BCUT2D eigenvalue weighted by atomic mass is 10.0. The normalized spacial score (nSPS) is 17.0. The highest BCUT2D eigenvalue weighted by Crippen LogP contribution is 2.35. The van der Waals surface area contributed by atoms with E-state index in [4.69, 9.17) is 5.11 Å². The van der Waals surface area contributed by atoms with E-state index in [2.05, 4.69) is 11.8 Å². The number of nitrogens with zero attached hydrogens (tertiary/aromatic N) is 1. The van der Waals surface area contributed by atoms with Crippen LogP contribution in [0.15, 0.2) is 18.2 Å². The van der Waals surface area contributed by atoms with E-state index in [1.807, 2.05) is 30.0 Å². The summed E-state index contributed by atoms with van der Waals surface area (Å²) in [5.41, 5.74) is 2.48. The lowest BCUT2D eigenvalue weighted by Crippen LogP contribution is -2.35. The fraction of sp³-hybridized carbons (Fsp3) is 0.500. The SMILES string of the molecule is Cc1ccc(C(=O)N(CC2CC2)C2CC2)c(C#CCO)c1. The maximum absolute atomic E-state index is 12.9. The second-order valence-corrected chi connectivity index (χ2v) is 6.14. The summed E-state index contributed by atoms with van der Waals surface area (Å²) in [7, 11) is 0. The van der Waals surface area contributed by atoms with E-state index in [1.165, 1.54) is 12.8 Å². The van der Waals surface area contributed by atoms with Crippen LogP contribution in [-0.4, -0.2) is 35.1 Å². The van der Waals surface area contributed by atoms with E-state index in [-0.39, 0.29) is 12.5 Å². The van der Waals surface area contributed by atoms with Crippen LogP contribution in [0.4, 0.5) is 0 Å². The zero-order valence-electron chi connectivity index (χ0n) is 12.4. The summed E-state index contributed by atoms with van der Waals surface area (Å²) >= 11 is 0. The molecule has 0 bridgehead atoms. The van der Waals surface area contributed by atoms with Crippen LogP contribution in [0.2, 0.25) is 0 Å². The van der Waals surface area contributed by atoms with Gasteiger partial charge in [0.15, 0.2) is 0 Å². The molecule has 2 fully saturated rings. The quantitative estimate of drug-likeness (QED) is 0.862. The Morgan fingerprint density at radius 1 is 1.33 bits per heavy atom. The predicted molar refractivity (Wildman–Crippen MR) is 81.9 cm³/mol. The van der Waals surface area contributed by atoms with Crippen molar-refractivity contribution in [3.63, 3.8) is 0 Å². The van der Waals surface area contributed by atoms with E-state index >= 15 is 0 Å². The minimum Gasteiger partial charge on any atom is -0.384 e. The number of hydrogen-bond donors (Lipinski definition) is 1. The Morgan fingerprint density at radius 2 is 2.10 bits per heavy atom. The molecule has 110 valence electrons. The van der Waals surface area contributed by atoms with Crippen LogP contribution < -0.4 is 0 Å². The third kappa shape index (κ3) is 3.46. The first-order valence-electron chi connectivity index (χ1n) is 7.70. The van der Waals surface area contributed by atoms with Crippen LogP contribution in [0, 0.1) is 24.7 Å². The molecule has 2 aliphatic carbocycles. The average Bonchev–Trinajstić information content (AvgIpc) is 3.35. The van der Waals surface area contributed by atoms with Crippen molar-refractivity contribution in [2.24, 2.45) is 5.92 Å². The molecule has 0 heterocycles. The Bertz CT molecular complexity index is 603. The van der Waals surface area contributed by atoms with Crippen molar-refractivity contribution in [3.05, 3.63) is 34.9 Å². The molecule has 1 aromatic carbocycles. The monoisotopic (exact) mass is 283 g/mol. The van der Waals surface area contributed by atoms with Gasteiger partial charge in [0.2, 0.25) is 0 Å². The zero-order chi connectivity index (χ0) is 14.8. The van der Waals surface area contributed by atoms with E-state index in [9.17, 15) is 4.79 Å². The summed E-state index contributed by atoms with van der Waals surface area (Å²) in [4.78, 5) is 14.9. The van der Waals surface area contributed by atoms with Crippen LogP contribution in [0.5, 0.6) is 0 Å². The van der Waals surface area contributed by atoms with Gasteiger partial charge in [0.25, 0.3) is 5.91 Å². The molecular weight excluding hydrogens is 262 g/mol. The Labute approximate surface area is 126 Å². The van der Waals surface area contributed by atoms with E-state index in [0.717, 1.165) is 30.5 Å². The molecule has 0 unspecified atom stereocenters. The Balaban J connectivity index is 1.88. The maximum atomic E-state index is 12.9. The number of rotatable bonds is 4. The molecule has 1 N–H and O–H groups in total. The summed E-state index contributed by atoms with van der Waals surface area (Å²) in [5.74, 6) is 6.38. The van der Waals surface area contributed by atoms with Crippen molar-refractivity contribution in [1.82, 2.24) is 4.90 Å². The molecule has 21 heavy (non-hydrogen) atoms. The number of benzene rings is 1. The summed E-state index contributed by atoms with van der Waals surface area (Å²) in [6, 6.07) is 6.19.